The second kappa shape index (κ2) is 8.93. The summed E-state index contributed by atoms with van der Waals surface area (Å²) in [4.78, 5) is 31.7. The lowest BCUT2D eigenvalue weighted by molar-refractivity contribution is -0.140. The van der Waals surface area contributed by atoms with Crippen LogP contribution in [0.4, 0.5) is 0 Å². The zero-order valence-corrected chi connectivity index (χ0v) is 17.7. The van der Waals surface area contributed by atoms with Gasteiger partial charge in [0.05, 0.1) is 31.4 Å². The molecule has 1 saturated heterocycles. The molecule has 2 aromatic carbocycles. The number of methoxy groups -OCH3 is 2. The van der Waals surface area contributed by atoms with Crippen molar-refractivity contribution in [3.63, 3.8) is 0 Å². The lowest BCUT2D eigenvalue weighted by Gasteiger charge is -2.25. The fraction of sp³-hybridized carbons (Fsp3) is 0.160. The van der Waals surface area contributed by atoms with Gasteiger partial charge in [0.2, 0.25) is 0 Å². The highest BCUT2D eigenvalue weighted by molar-refractivity contribution is 6.46. The number of nitrogens with zero attached hydrogens (tertiary/aromatic N) is 2. The number of pyridine rings is 1. The molecule has 162 valence electrons. The maximum Gasteiger partial charge on any atom is 0.295 e. The fourth-order valence-electron chi connectivity index (χ4n) is 3.85. The topological polar surface area (TPSA) is 89.0 Å². The van der Waals surface area contributed by atoms with E-state index in [1.165, 1.54) is 19.1 Å². The quantitative estimate of drug-likeness (QED) is 0.364. The monoisotopic (exact) mass is 430 g/mol. The van der Waals surface area contributed by atoms with Crippen molar-refractivity contribution in [3.8, 4) is 11.5 Å². The number of aromatic nitrogens is 1. The van der Waals surface area contributed by atoms with Gasteiger partial charge < -0.3 is 19.5 Å². The van der Waals surface area contributed by atoms with E-state index in [-0.39, 0.29) is 17.9 Å². The first-order chi connectivity index (χ1) is 15.5. The molecule has 2 heterocycles. The van der Waals surface area contributed by atoms with Crippen LogP contribution in [0.5, 0.6) is 11.5 Å². The Hall–Kier alpha value is -4.13. The molecule has 7 heteroatoms. The number of aliphatic hydroxyl groups is 1. The molecule has 7 nitrogen and oxygen atoms in total. The zero-order valence-electron chi connectivity index (χ0n) is 17.7. The molecule has 1 aliphatic heterocycles. The number of rotatable bonds is 6. The normalized spacial score (nSPS) is 17.4. The van der Waals surface area contributed by atoms with Crippen LogP contribution in [-0.2, 0) is 16.1 Å². The summed E-state index contributed by atoms with van der Waals surface area (Å²) in [6, 6.07) is 16.9. The summed E-state index contributed by atoms with van der Waals surface area (Å²) in [6.07, 6.45) is 3.29. The maximum absolute atomic E-state index is 13.1. The Kier molecular flexibility index (Phi) is 5.89. The summed E-state index contributed by atoms with van der Waals surface area (Å²) < 4.78 is 10.6. The third-order valence-electron chi connectivity index (χ3n) is 5.39. The third kappa shape index (κ3) is 3.80. The van der Waals surface area contributed by atoms with Gasteiger partial charge in [-0.15, -0.1) is 0 Å². The standard InChI is InChI=1S/C25H22N2O5/c1-31-18-10-11-19(20(13-18)32-2)23(28)21-22(17-8-4-3-5-9-17)27(25(30)24(21)29)15-16-7-6-12-26-14-16/h3-14,22,28H,15H2,1-2H3/b23-21+/t22-/m0/s1. The van der Waals surface area contributed by atoms with Crippen molar-refractivity contribution >= 4 is 17.4 Å². The molecule has 0 unspecified atom stereocenters. The van der Waals surface area contributed by atoms with Gasteiger partial charge in [0.1, 0.15) is 17.3 Å². The van der Waals surface area contributed by atoms with Crippen molar-refractivity contribution in [1.29, 1.82) is 0 Å². The summed E-state index contributed by atoms with van der Waals surface area (Å²) in [5, 5.41) is 11.2. The molecule has 3 aromatic rings. The molecule has 0 saturated carbocycles. The lowest BCUT2D eigenvalue weighted by Crippen LogP contribution is -2.29. The number of Topliss-reactive ketones (excluding diaryl/α,β-unsaturated/α-hetero) is 1. The van der Waals surface area contributed by atoms with Gasteiger partial charge in [-0.25, -0.2) is 0 Å². The lowest BCUT2D eigenvalue weighted by atomic mass is 9.95. The number of aliphatic hydroxyl groups excluding tert-OH is 1. The summed E-state index contributed by atoms with van der Waals surface area (Å²) in [7, 11) is 2.98. The number of hydrogen-bond donors (Lipinski definition) is 1. The Morgan fingerprint density at radius 1 is 1.03 bits per heavy atom. The second-order valence-corrected chi connectivity index (χ2v) is 7.27. The Bertz CT molecular complexity index is 1180. The number of likely N-dealkylation sites (tertiary alicyclic amines) is 1. The number of carbonyl (C=O) groups is 2. The van der Waals surface area contributed by atoms with Crippen molar-refractivity contribution in [2.45, 2.75) is 12.6 Å². The molecule has 1 fully saturated rings. The number of benzene rings is 2. The summed E-state index contributed by atoms with van der Waals surface area (Å²) in [6.45, 7) is 0.175. The van der Waals surface area contributed by atoms with Crippen LogP contribution in [0.3, 0.4) is 0 Å². The minimum Gasteiger partial charge on any atom is -0.507 e. The van der Waals surface area contributed by atoms with Crippen molar-refractivity contribution in [2.75, 3.05) is 14.2 Å². The van der Waals surface area contributed by atoms with Crippen LogP contribution < -0.4 is 9.47 Å². The largest absolute Gasteiger partial charge is 0.507 e. The van der Waals surface area contributed by atoms with Gasteiger partial charge in [-0.3, -0.25) is 14.6 Å². The highest BCUT2D eigenvalue weighted by Crippen LogP contribution is 2.42. The Balaban J connectivity index is 1.88. The van der Waals surface area contributed by atoms with E-state index in [4.69, 9.17) is 9.47 Å². The molecule has 0 bridgehead atoms. The number of amides is 1. The molecular formula is C25H22N2O5. The molecular weight excluding hydrogens is 408 g/mol. The molecule has 1 aliphatic rings. The van der Waals surface area contributed by atoms with Crippen LogP contribution in [0, 0.1) is 0 Å². The van der Waals surface area contributed by atoms with E-state index in [1.54, 1.807) is 36.7 Å². The van der Waals surface area contributed by atoms with Crippen LogP contribution in [-0.4, -0.2) is 40.9 Å². The maximum atomic E-state index is 13.1. The number of hydrogen-bond acceptors (Lipinski definition) is 6. The fourth-order valence-corrected chi connectivity index (χ4v) is 3.85. The van der Waals surface area contributed by atoms with Gasteiger partial charge >= 0.3 is 0 Å². The Labute approximate surface area is 185 Å². The predicted octanol–water partition coefficient (Wildman–Crippen LogP) is 3.72. The molecule has 1 aromatic heterocycles. The summed E-state index contributed by atoms with van der Waals surface area (Å²) in [5.74, 6) is -0.873. The van der Waals surface area contributed by atoms with Gasteiger partial charge in [0.25, 0.3) is 11.7 Å². The number of ketones is 1. The summed E-state index contributed by atoms with van der Waals surface area (Å²) in [5.41, 5.74) is 1.80. The minimum absolute atomic E-state index is 0.00792. The first-order valence-corrected chi connectivity index (χ1v) is 9.99. The average molecular weight is 430 g/mol. The van der Waals surface area contributed by atoms with Crippen LogP contribution >= 0.6 is 0 Å². The van der Waals surface area contributed by atoms with Crippen molar-refractivity contribution in [1.82, 2.24) is 9.88 Å². The highest BCUT2D eigenvalue weighted by Gasteiger charge is 2.46. The zero-order chi connectivity index (χ0) is 22.7. The number of carbonyl (C=O) groups excluding carboxylic acids is 2. The van der Waals surface area contributed by atoms with Gasteiger partial charge in [0.15, 0.2) is 0 Å². The second-order valence-electron chi connectivity index (χ2n) is 7.27. The predicted molar refractivity (Wildman–Crippen MR) is 118 cm³/mol. The van der Waals surface area contributed by atoms with E-state index in [9.17, 15) is 14.7 Å². The molecule has 1 atom stereocenters. The van der Waals surface area contributed by atoms with Crippen molar-refractivity contribution in [3.05, 3.63) is 95.3 Å². The molecule has 0 spiro atoms. The Morgan fingerprint density at radius 3 is 2.47 bits per heavy atom. The smallest absolute Gasteiger partial charge is 0.295 e. The van der Waals surface area contributed by atoms with Gasteiger partial charge in [-0.2, -0.15) is 0 Å². The molecule has 32 heavy (non-hydrogen) atoms. The van der Waals surface area contributed by atoms with E-state index in [0.29, 0.717) is 22.6 Å². The SMILES string of the molecule is COc1ccc(/C(O)=C2\C(=O)C(=O)N(Cc3cccnc3)[C@H]2c2ccccc2)c(OC)c1. The van der Waals surface area contributed by atoms with E-state index >= 15 is 0 Å². The Morgan fingerprint density at radius 2 is 1.81 bits per heavy atom. The van der Waals surface area contributed by atoms with Gasteiger partial charge in [0, 0.05) is 25.0 Å². The van der Waals surface area contributed by atoms with E-state index < -0.39 is 17.7 Å². The van der Waals surface area contributed by atoms with E-state index in [0.717, 1.165) is 5.56 Å². The van der Waals surface area contributed by atoms with Crippen molar-refractivity contribution < 1.29 is 24.2 Å². The van der Waals surface area contributed by atoms with Gasteiger partial charge in [-0.1, -0.05) is 36.4 Å². The highest BCUT2D eigenvalue weighted by atomic mass is 16.5. The molecule has 1 amide bonds. The van der Waals surface area contributed by atoms with E-state index in [1.807, 2.05) is 36.4 Å². The third-order valence-corrected chi connectivity index (χ3v) is 5.39. The average Bonchev–Trinajstić information content (AvgIpc) is 3.09. The van der Waals surface area contributed by atoms with Gasteiger partial charge in [-0.05, 0) is 29.3 Å². The first kappa shape index (κ1) is 21.1. The first-order valence-electron chi connectivity index (χ1n) is 9.99. The van der Waals surface area contributed by atoms with Crippen LogP contribution in [0.15, 0.2) is 78.6 Å². The molecule has 1 N–H and O–H groups in total. The molecule has 0 aliphatic carbocycles. The molecule has 0 radical (unpaired) electrons. The van der Waals surface area contributed by atoms with Crippen LogP contribution in [0.2, 0.25) is 0 Å². The minimum atomic E-state index is -0.761. The number of ether oxygens (including phenoxy) is 2. The summed E-state index contributed by atoms with van der Waals surface area (Å²) >= 11 is 0. The molecule has 4 rings (SSSR count). The van der Waals surface area contributed by atoms with Crippen LogP contribution in [0.1, 0.15) is 22.7 Å². The van der Waals surface area contributed by atoms with Crippen LogP contribution in [0.25, 0.3) is 5.76 Å². The van der Waals surface area contributed by atoms with Crippen molar-refractivity contribution in [2.24, 2.45) is 0 Å². The van der Waals surface area contributed by atoms with E-state index in [2.05, 4.69) is 4.98 Å².